The molecule has 178 valence electrons. The van der Waals surface area contributed by atoms with E-state index in [1.54, 1.807) is 13.2 Å². The lowest BCUT2D eigenvalue weighted by atomic mass is 10.0. The summed E-state index contributed by atoms with van der Waals surface area (Å²) in [4.78, 5) is 29.8. The molecule has 3 aromatic rings. The first kappa shape index (κ1) is 24.4. The zero-order valence-corrected chi connectivity index (χ0v) is 21.7. The Kier molecular flexibility index (Phi) is 7.33. The van der Waals surface area contributed by atoms with Gasteiger partial charge in [-0.15, -0.1) is 0 Å². The van der Waals surface area contributed by atoms with E-state index in [2.05, 4.69) is 26.1 Å². The molecule has 1 fully saturated rings. The van der Waals surface area contributed by atoms with Crippen LogP contribution in [0.3, 0.4) is 0 Å². The van der Waals surface area contributed by atoms with Gasteiger partial charge < -0.3 is 19.9 Å². The average molecular weight is 545 g/mol. The van der Waals surface area contributed by atoms with Gasteiger partial charge in [0.25, 0.3) is 5.91 Å². The summed E-state index contributed by atoms with van der Waals surface area (Å²) in [5.74, 6) is 0.326. The molecule has 2 amide bonds. The van der Waals surface area contributed by atoms with E-state index < -0.39 is 0 Å². The number of hydrogen-bond donors (Lipinski definition) is 1. The molecule has 1 aliphatic heterocycles. The average Bonchev–Trinajstić information content (AvgIpc) is 2.83. The van der Waals surface area contributed by atoms with Crippen LogP contribution in [0.2, 0.25) is 5.02 Å². The second kappa shape index (κ2) is 10.2. The normalized spacial score (nSPS) is 13.9. The number of carbonyl (C=O) groups is 2. The van der Waals surface area contributed by atoms with Crippen LogP contribution in [0.4, 0.5) is 11.4 Å². The molecule has 3 aromatic carbocycles. The molecule has 0 aliphatic carbocycles. The highest BCUT2D eigenvalue weighted by Gasteiger charge is 2.25. The Morgan fingerprint density at radius 2 is 1.76 bits per heavy atom. The highest BCUT2D eigenvalue weighted by Crippen LogP contribution is 2.38. The van der Waals surface area contributed by atoms with Gasteiger partial charge in [-0.1, -0.05) is 49.7 Å². The minimum Gasteiger partial charge on any atom is -0.495 e. The Balaban J connectivity index is 1.61. The van der Waals surface area contributed by atoms with Crippen molar-refractivity contribution in [2.75, 3.05) is 43.5 Å². The monoisotopic (exact) mass is 543 g/mol. The van der Waals surface area contributed by atoms with Gasteiger partial charge >= 0.3 is 0 Å². The van der Waals surface area contributed by atoms with E-state index in [1.165, 1.54) is 0 Å². The number of fused-ring (bicyclic) bond motifs is 1. The van der Waals surface area contributed by atoms with Crippen molar-refractivity contribution in [3.63, 3.8) is 0 Å². The van der Waals surface area contributed by atoms with Crippen molar-refractivity contribution in [2.45, 2.75) is 13.8 Å². The van der Waals surface area contributed by atoms with Crippen LogP contribution in [0.1, 0.15) is 24.2 Å². The largest absolute Gasteiger partial charge is 0.495 e. The van der Waals surface area contributed by atoms with Crippen molar-refractivity contribution >= 4 is 61.5 Å². The zero-order valence-electron chi connectivity index (χ0n) is 19.4. The molecule has 0 bridgehead atoms. The first-order valence-electron chi connectivity index (χ1n) is 11.2. The quantitative estimate of drug-likeness (QED) is 0.440. The number of piperazine rings is 1. The molecule has 6 nitrogen and oxygen atoms in total. The van der Waals surface area contributed by atoms with Gasteiger partial charge in [-0.25, -0.2) is 0 Å². The van der Waals surface area contributed by atoms with Crippen molar-refractivity contribution < 1.29 is 14.3 Å². The minimum atomic E-state index is -0.291. The van der Waals surface area contributed by atoms with Crippen molar-refractivity contribution in [1.82, 2.24) is 4.90 Å². The van der Waals surface area contributed by atoms with Crippen molar-refractivity contribution in [3.05, 3.63) is 63.6 Å². The van der Waals surface area contributed by atoms with Gasteiger partial charge in [0.05, 0.1) is 28.5 Å². The number of halogens is 2. The van der Waals surface area contributed by atoms with Crippen LogP contribution in [-0.2, 0) is 4.79 Å². The molecule has 4 rings (SSSR count). The van der Waals surface area contributed by atoms with Crippen LogP contribution in [0.5, 0.6) is 5.75 Å². The number of rotatable bonds is 5. The molecule has 0 unspecified atom stereocenters. The van der Waals surface area contributed by atoms with Gasteiger partial charge in [-0.05, 0) is 51.0 Å². The lowest BCUT2D eigenvalue weighted by molar-refractivity contribution is -0.134. The molecule has 34 heavy (non-hydrogen) atoms. The molecule has 1 saturated heterocycles. The lowest BCUT2D eigenvalue weighted by Crippen LogP contribution is -2.50. The summed E-state index contributed by atoms with van der Waals surface area (Å²) >= 11 is 9.89. The van der Waals surface area contributed by atoms with Crippen LogP contribution in [0.15, 0.2) is 53.0 Å². The predicted molar refractivity (Wildman–Crippen MR) is 141 cm³/mol. The van der Waals surface area contributed by atoms with Crippen LogP contribution < -0.4 is 15.0 Å². The summed E-state index contributed by atoms with van der Waals surface area (Å²) in [7, 11) is 1.55. The fourth-order valence-corrected chi connectivity index (χ4v) is 5.17. The van der Waals surface area contributed by atoms with E-state index in [0.29, 0.717) is 48.2 Å². The summed E-state index contributed by atoms with van der Waals surface area (Å²) in [6.07, 6.45) is 0. The van der Waals surface area contributed by atoms with E-state index in [0.717, 1.165) is 20.9 Å². The first-order chi connectivity index (χ1) is 16.3. The lowest BCUT2D eigenvalue weighted by Gasteiger charge is -2.37. The maximum atomic E-state index is 13.4. The third-order valence-corrected chi connectivity index (χ3v) is 7.04. The fraction of sp³-hybridized carbons (Fsp3) is 0.308. The summed E-state index contributed by atoms with van der Waals surface area (Å²) in [5, 5.41) is 5.46. The maximum absolute atomic E-state index is 13.4. The van der Waals surface area contributed by atoms with Crippen LogP contribution in [-0.4, -0.2) is 50.0 Å². The second-order valence-corrected chi connectivity index (χ2v) is 9.80. The van der Waals surface area contributed by atoms with Gasteiger partial charge in [0.15, 0.2) is 0 Å². The summed E-state index contributed by atoms with van der Waals surface area (Å²) in [6, 6.07) is 15.1. The van der Waals surface area contributed by atoms with Crippen LogP contribution in [0, 0.1) is 5.92 Å². The topological polar surface area (TPSA) is 61.9 Å². The zero-order chi connectivity index (χ0) is 24.4. The molecule has 1 heterocycles. The smallest absolute Gasteiger partial charge is 0.259 e. The Morgan fingerprint density at radius 3 is 2.44 bits per heavy atom. The van der Waals surface area contributed by atoms with Gasteiger partial charge in [0.1, 0.15) is 5.75 Å². The van der Waals surface area contributed by atoms with E-state index in [4.69, 9.17) is 16.3 Å². The summed E-state index contributed by atoms with van der Waals surface area (Å²) in [5.41, 5.74) is 1.91. The Hall–Kier alpha value is -2.77. The second-order valence-electron chi connectivity index (χ2n) is 8.58. The molecule has 1 aliphatic rings. The molecule has 0 radical (unpaired) electrons. The molecule has 8 heteroatoms. The number of ether oxygens (including phenoxy) is 1. The number of carbonyl (C=O) groups excluding carboxylic acids is 2. The molecule has 0 saturated carbocycles. The minimum absolute atomic E-state index is 0.0202. The van der Waals surface area contributed by atoms with Crippen LogP contribution >= 0.6 is 27.5 Å². The molecule has 0 spiro atoms. The predicted octanol–water partition coefficient (Wildman–Crippen LogP) is 5.82. The van der Waals surface area contributed by atoms with Gasteiger partial charge in [-0.3, -0.25) is 9.59 Å². The number of nitrogens with zero attached hydrogens (tertiary/aromatic N) is 2. The van der Waals surface area contributed by atoms with Crippen molar-refractivity contribution in [1.29, 1.82) is 0 Å². The number of nitrogens with one attached hydrogen (secondary N) is 1. The standard InChI is InChI=1S/C26H27BrClN3O3/c1-16(2)26(33)31-12-10-30(11-13-31)22-9-8-18(28)15-21(22)29-25(32)20-14-17-6-4-5-7-19(17)23(27)24(20)34-3/h4-9,14-16H,10-13H2,1-3H3,(H,29,32). The Labute approximate surface area is 212 Å². The first-order valence-corrected chi connectivity index (χ1v) is 12.4. The number of anilines is 2. The van der Waals surface area contributed by atoms with Crippen molar-refractivity contribution in [2.24, 2.45) is 5.92 Å². The third-order valence-electron chi connectivity index (χ3n) is 6.02. The molecular weight excluding hydrogens is 518 g/mol. The third kappa shape index (κ3) is 4.86. The Morgan fingerprint density at radius 1 is 1.06 bits per heavy atom. The number of amides is 2. The summed E-state index contributed by atoms with van der Waals surface area (Å²) in [6.45, 7) is 6.46. The molecule has 0 atom stereocenters. The van der Waals surface area contributed by atoms with E-state index >= 15 is 0 Å². The van der Waals surface area contributed by atoms with Crippen molar-refractivity contribution in [3.8, 4) is 5.75 Å². The Bertz CT molecular complexity index is 1240. The van der Waals surface area contributed by atoms with Crippen LogP contribution in [0.25, 0.3) is 10.8 Å². The van der Waals surface area contributed by atoms with E-state index in [-0.39, 0.29) is 17.7 Å². The number of methoxy groups -OCH3 is 1. The summed E-state index contributed by atoms with van der Waals surface area (Å²) < 4.78 is 6.32. The van der Waals surface area contributed by atoms with Gasteiger partial charge in [0.2, 0.25) is 5.91 Å². The van der Waals surface area contributed by atoms with E-state index in [9.17, 15) is 9.59 Å². The number of benzene rings is 3. The number of hydrogen-bond acceptors (Lipinski definition) is 4. The maximum Gasteiger partial charge on any atom is 0.259 e. The molecule has 1 N–H and O–H groups in total. The fourth-order valence-electron chi connectivity index (χ4n) is 4.26. The molecular formula is C26H27BrClN3O3. The highest BCUT2D eigenvalue weighted by atomic mass is 79.9. The SMILES string of the molecule is COc1c(C(=O)Nc2cc(Cl)ccc2N2CCN(C(=O)C(C)C)CC2)cc2ccccc2c1Br. The molecule has 0 aromatic heterocycles. The van der Waals surface area contributed by atoms with Gasteiger partial charge in [-0.2, -0.15) is 0 Å². The highest BCUT2D eigenvalue weighted by molar-refractivity contribution is 9.10. The van der Waals surface area contributed by atoms with Gasteiger partial charge in [0, 0.05) is 37.1 Å². The van der Waals surface area contributed by atoms with E-state index in [1.807, 2.05) is 61.2 Å².